The van der Waals surface area contributed by atoms with Gasteiger partial charge in [-0.25, -0.2) is 0 Å². The first-order valence-corrected chi connectivity index (χ1v) is 6.44. The second kappa shape index (κ2) is 6.62. The Hall–Kier alpha value is -2.73. The summed E-state index contributed by atoms with van der Waals surface area (Å²) in [7, 11) is 0. The second-order valence-electron chi connectivity index (χ2n) is 4.54. The van der Waals surface area contributed by atoms with Crippen LogP contribution >= 0.6 is 0 Å². The van der Waals surface area contributed by atoms with E-state index in [1.165, 1.54) is 0 Å². The molecule has 0 fully saturated rings. The van der Waals surface area contributed by atoms with Crippen LogP contribution in [-0.4, -0.2) is 12.5 Å². The predicted molar refractivity (Wildman–Crippen MR) is 82.3 cm³/mol. The number of nitrogens with two attached hydrogens (primary N) is 3. The van der Waals surface area contributed by atoms with E-state index in [0.717, 1.165) is 0 Å². The summed E-state index contributed by atoms with van der Waals surface area (Å²) in [6, 6.07) is 14.0. The third-order valence-corrected chi connectivity index (χ3v) is 2.88. The molecule has 21 heavy (non-hydrogen) atoms. The highest BCUT2D eigenvalue weighted by atomic mass is 16.5. The first-order chi connectivity index (χ1) is 10.1. The van der Waals surface area contributed by atoms with E-state index in [0.29, 0.717) is 22.7 Å². The Morgan fingerprint density at radius 3 is 2.57 bits per heavy atom. The summed E-state index contributed by atoms with van der Waals surface area (Å²) in [5, 5.41) is 2.61. The molecule has 0 aliphatic carbocycles. The summed E-state index contributed by atoms with van der Waals surface area (Å²) in [6.45, 7) is -0.125. The van der Waals surface area contributed by atoms with Crippen molar-refractivity contribution < 1.29 is 9.53 Å². The third kappa shape index (κ3) is 4.12. The van der Waals surface area contributed by atoms with Gasteiger partial charge in [0.15, 0.2) is 6.61 Å². The molecular formula is C15H18N4O2. The van der Waals surface area contributed by atoms with Crippen LogP contribution in [0.3, 0.4) is 0 Å². The molecule has 0 radical (unpaired) electrons. The van der Waals surface area contributed by atoms with Crippen LogP contribution in [0.5, 0.6) is 5.75 Å². The van der Waals surface area contributed by atoms with Gasteiger partial charge < -0.3 is 27.3 Å². The normalized spacial score (nSPS) is 11.7. The summed E-state index contributed by atoms with van der Waals surface area (Å²) >= 11 is 0. The fraction of sp³-hybridized carbons (Fsp3) is 0.133. The summed E-state index contributed by atoms with van der Waals surface area (Å²) < 4.78 is 5.33. The van der Waals surface area contributed by atoms with Crippen molar-refractivity contribution in [1.82, 2.24) is 5.32 Å². The molecule has 2 aromatic rings. The van der Waals surface area contributed by atoms with E-state index >= 15 is 0 Å². The van der Waals surface area contributed by atoms with Crippen LogP contribution in [0.15, 0.2) is 48.5 Å². The zero-order chi connectivity index (χ0) is 15.2. The molecule has 0 aliphatic heterocycles. The molecule has 2 rings (SSSR count). The highest BCUT2D eigenvalue weighted by Crippen LogP contribution is 2.20. The van der Waals surface area contributed by atoms with E-state index in [1.54, 1.807) is 30.3 Å². The first-order valence-electron chi connectivity index (χ1n) is 6.44. The number of ether oxygens (including phenoxy) is 1. The number of carbonyl (C=O) groups excluding carboxylic acids is 1. The van der Waals surface area contributed by atoms with Gasteiger partial charge in [0.05, 0.1) is 0 Å². The minimum atomic E-state index is -0.736. The molecule has 1 unspecified atom stereocenters. The van der Waals surface area contributed by atoms with E-state index in [2.05, 4.69) is 5.32 Å². The molecular weight excluding hydrogens is 268 g/mol. The number of para-hydroxylation sites is 1. The van der Waals surface area contributed by atoms with Gasteiger partial charge in [-0.1, -0.05) is 18.2 Å². The fourth-order valence-electron chi connectivity index (χ4n) is 1.82. The fourth-order valence-corrected chi connectivity index (χ4v) is 1.82. The lowest BCUT2D eigenvalue weighted by Crippen LogP contribution is -2.37. The highest BCUT2D eigenvalue weighted by Gasteiger charge is 2.13. The molecule has 1 amide bonds. The Bertz CT molecular complexity index is 616. The SMILES string of the molecule is Nc1ccc(N)c(C(N)NC(=O)COc2ccccc2)c1. The van der Waals surface area contributed by atoms with E-state index in [9.17, 15) is 4.79 Å². The zero-order valence-corrected chi connectivity index (χ0v) is 11.5. The lowest BCUT2D eigenvalue weighted by Gasteiger charge is -2.17. The average Bonchev–Trinajstić information content (AvgIpc) is 2.48. The van der Waals surface area contributed by atoms with E-state index in [-0.39, 0.29) is 12.5 Å². The largest absolute Gasteiger partial charge is 0.484 e. The summed E-state index contributed by atoms with van der Waals surface area (Å²) in [4.78, 5) is 11.8. The lowest BCUT2D eigenvalue weighted by atomic mass is 10.1. The maximum atomic E-state index is 11.8. The van der Waals surface area contributed by atoms with Crippen molar-refractivity contribution in [3.63, 3.8) is 0 Å². The van der Waals surface area contributed by atoms with Crippen LogP contribution in [0.25, 0.3) is 0 Å². The molecule has 110 valence electrons. The number of hydrogen-bond donors (Lipinski definition) is 4. The Balaban J connectivity index is 1.91. The lowest BCUT2D eigenvalue weighted by molar-refractivity contribution is -0.123. The van der Waals surface area contributed by atoms with Gasteiger partial charge >= 0.3 is 0 Å². The van der Waals surface area contributed by atoms with Gasteiger partial charge in [0.25, 0.3) is 5.91 Å². The van der Waals surface area contributed by atoms with Crippen molar-refractivity contribution in [2.24, 2.45) is 5.73 Å². The topological polar surface area (TPSA) is 116 Å². The molecule has 0 aliphatic rings. The molecule has 6 nitrogen and oxygen atoms in total. The number of nitrogen functional groups attached to an aromatic ring is 2. The van der Waals surface area contributed by atoms with Crippen molar-refractivity contribution >= 4 is 17.3 Å². The highest BCUT2D eigenvalue weighted by molar-refractivity contribution is 5.78. The van der Waals surface area contributed by atoms with Crippen LogP contribution in [-0.2, 0) is 4.79 Å². The summed E-state index contributed by atoms with van der Waals surface area (Å²) in [6.07, 6.45) is -0.736. The first kappa shape index (κ1) is 14.7. The Kier molecular flexibility index (Phi) is 4.63. The average molecular weight is 286 g/mol. The van der Waals surface area contributed by atoms with Crippen molar-refractivity contribution in [2.75, 3.05) is 18.1 Å². The molecule has 0 bridgehead atoms. The monoisotopic (exact) mass is 286 g/mol. The van der Waals surface area contributed by atoms with Gasteiger partial charge in [0.1, 0.15) is 11.9 Å². The number of carbonyl (C=O) groups is 1. The van der Waals surface area contributed by atoms with Crippen LogP contribution < -0.4 is 27.3 Å². The molecule has 0 heterocycles. The zero-order valence-electron chi connectivity index (χ0n) is 11.5. The molecule has 1 atom stereocenters. The van der Waals surface area contributed by atoms with Crippen molar-refractivity contribution in [1.29, 1.82) is 0 Å². The maximum absolute atomic E-state index is 11.8. The molecule has 0 aromatic heterocycles. The molecule has 0 saturated carbocycles. The van der Waals surface area contributed by atoms with Gasteiger partial charge in [-0.05, 0) is 30.3 Å². The number of nitrogens with one attached hydrogen (secondary N) is 1. The van der Waals surface area contributed by atoms with Crippen LogP contribution in [0.4, 0.5) is 11.4 Å². The van der Waals surface area contributed by atoms with Gasteiger partial charge in [0, 0.05) is 16.9 Å². The Labute approximate surface area is 122 Å². The van der Waals surface area contributed by atoms with Crippen LogP contribution in [0.1, 0.15) is 11.7 Å². The van der Waals surface area contributed by atoms with Crippen molar-refractivity contribution in [3.8, 4) is 5.75 Å². The van der Waals surface area contributed by atoms with E-state index in [4.69, 9.17) is 21.9 Å². The van der Waals surface area contributed by atoms with Gasteiger partial charge in [0.2, 0.25) is 0 Å². The number of anilines is 2. The van der Waals surface area contributed by atoms with Gasteiger partial charge in [-0.3, -0.25) is 4.79 Å². The standard InChI is InChI=1S/C15H18N4O2/c16-10-6-7-13(17)12(8-10)15(18)19-14(20)9-21-11-4-2-1-3-5-11/h1-8,15H,9,16-18H2,(H,19,20). The molecule has 0 saturated heterocycles. The van der Waals surface area contributed by atoms with E-state index in [1.807, 2.05) is 18.2 Å². The summed E-state index contributed by atoms with van der Waals surface area (Å²) in [5.41, 5.74) is 19.0. The Morgan fingerprint density at radius 1 is 1.14 bits per heavy atom. The number of hydrogen-bond acceptors (Lipinski definition) is 5. The quantitative estimate of drug-likeness (QED) is 0.483. The third-order valence-electron chi connectivity index (χ3n) is 2.88. The van der Waals surface area contributed by atoms with E-state index < -0.39 is 6.17 Å². The minimum absolute atomic E-state index is 0.125. The molecule has 6 heteroatoms. The van der Waals surface area contributed by atoms with Gasteiger partial charge in [-0.15, -0.1) is 0 Å². The van der Waals surface area contributed by atoms with Crippen molar-refractivity contribution in [2.45, 2.75) is 6.17 Å². The maximum Gasteiger partial charge on any atom is 0.259 e. The minimum Gasteiger partial charge on any atom is -0.484 e. The molecule has 7 N–H and O–H groups in total. The molecule has 2 aromatic carbocycles. The van der Waals surface area contributed by atoms with Crippen molar-refractivity contribution in [3.05, 3.63) is 54.1 Å². The number of benzene rings is 2. The second-order valence-corrected chi connectivity index (χ2v) is 4.54. The van der Waals surface area contributed by atoms with Gasteiger partial charge in [-0.2, -0.15) is 0 Å². The smallest absolute Gasteiger partial charge is 0.259 e. The summed E-state index contributed by atoms with van der Waals surface area (Å²) in [5.74, 6) is 0.276. The predicted octanol–water partition coefficient (Wildman–Crippen LogP) is 1.00. The Morgan fingerprint density at radius 2 is 1.86 bits per heavy atom. The van der Waals surface area contributed by atoms with Crippen LogP contribution in [0, 0.1) is 0 Å². The number of rotatable bonds is 5. The van der Waals surface area contributed by atoms with Crippen LogP contribution in [0.2, 0.25) is 0 Å². The number of amides is 1. The molecule has 0 spiro atoms.